The molecule has 3 heterocycles. The van der Waals surface area contributed by atoms with Gasteiger partial charge in [0.2, 0.25) is 5.91 Å². The molecular formula is C21H18F5N3O4. The van der Waals surface area contributed by atoms with Gasteiger partial charge in [0, 0.05) is 55.6 Å². The number of carbonyl (C=O) groups is 3. The van der Waals surface area contributed by atoms with Crippen molar-refractivity contribution in [1.29, 1.82) is 0 Å². The predicted octanol–water partition coefficient (Wildman–Crippen LogP) is 3.26. The summed E-state index contributed by atoms with van der Waals surface area (Å²) >= 11 is 0. The molecular weight excluding hydrogens is 453 g/mol. The molecule has 0 bridgehead atoms. The summed E-state index contributed by atoms with van der Waals surface area (Å²) in [6.45, 7) is 1.42. The zero-order chi connectivity index (χ0) is 24.4. The second kappa shape index (κ2) is 9.12. The number of hydrogen-bond acceptors (Lipinski definition) is 4. The molecule has 1 N–H and O–H groups in total. The Hall–Kier alpha value is -3.57. The first-order valence-electron chi connectivity index (χ1n) is 9.67. The van der Waals surface area contributed by atoms with Gasteiger partial charge in [-0.15, -0.1) is 0 Å². The second-order valence-electron chi connectivity index (χ2n) is 7.78. The first-order valence-corrected chi connectivity index (χ1v) is 9.67. The third-order valence-corrected chi connectivity index (χ3v) is 5.41. The molecule has 2 saturated heterocycles. The second-order valence-corrected chi connectivity index (χ2v) is 7.78. The minimum absolute atomic E-state index is 0.103. The summed E-state index contributed by atoms with van der Waals surface area (Å²) in [5.41, 5.74) is 0.522. The van der Waals surface area contributed by atoms with Gasteiger partial charge in [0.1, 0.15) is 0 Å². The van der Waals surface area contributed by atoms with Gasteiger partial charge in [-0.1, -0.05) is 0 Å². The van der Waals surface area contributed by atoms with Gasteiger partial charge >= 0.3 is 12.1 Å². The van der Waals surface area contributed by atoms with Crippen LogP contribution in [-0.4, -0.2) is 58.6 Å². The van der Waals surface area contributed by atoms with Crippen molar-refractivity contribution in [3.63, 3.8) is 0 Å². The van der Waals surface area contributed by atoms with Crippen molar-refractivity contribution in [2.45, 2.75) is 19.0 Å². The summed E-state index contributed by atoms with van der Waals surface area (Å²) in [6.07, 6.45) is -0.952. The van der Waals surface area contributed by atoms with E-state index >= 15 is 0 Å². The highest BCUT2D eigenvalue weighted by atomic mass is 19.4. The van der Waals surface area contributed by atoms with Crippen LogP contribution in [0, 0.1) is 17.0 Å². The highest BCUT2D eigenvalue weighted by molar-refractivity contribution is 5.97. The van der Waals surface area contributed by atoms with Crippen LogP contribution in [0.3, 0.4) is 0 Å². The normalized spacial score (nSPS) is 20.1. The molecule has 12 heteroatoms. The first-order chi connectivity index (χ1) is 15.4. The number of amides is 2. The fourth-order valence-electron chi connectivity index (χ4n) is 3.84. The van der Waals surface area contributed by atoms with E-state index in [0.717, 1.165) is 12.1 Å². The van der Waals surface area contributed by atoms with Gasteiger partial charge in [0.25, 0.3) is 5.91 Å². The van der Waals surface area contributed by atoms with Crippen molar-refractivity contribution in [1.82, 2.24) is 9.88 Å². The lowest BCUT2D eigenvalue weighted by atomic mass is 9.86. The number of benzene rings is 1. The van der Waals surface area contributed by atoms with Crippen LogP contribution in [0.25, 0.3) is 0 Å². The number of anilines is 1. The van der Waals surface area contributed by atoms with E-state index in [1.54, 1.807) is 23.2 Å². The number of hydrogen-bond donors (Lipinski definition) is 1. The third kappa shape index (κ3) is 5.44. The molecule has 0 aliphatic carbocycles. The predicted molar refractivity (Wildman–Crippen MR) is 104 cm³/mol. The van der Waals surface area contributed by atoms with E-state index in [1.807, 2.05) is 0 Å². The van der Waals surface area contributed by atoms with Gasteiger partial charge in [-0.05, 0) is 30.7 Å². The molecule has 2 aromatic rings. The maximum absolute atomic E-state index is 13.5. The summed E-state index contributed by atoms with van der Waals surface area (Å²) in [5.74, 6) is -4.91. The lowest BCUT2D eigenvalue weighted by Gasteiger charge is -2.24. The van der Waals surface area contributed by atoms with Crippen molar-refractivity contribution < 1.29 is 41.4 Å². The highest BCUT2D eigenvalue weighted by Crippen LogP contribution is 2.42. The van der Waals surface area contributed by atoms with E-state index in [-0.39, 0.29) is 17.2 Å². The lowest BCUT2D eigenvalue weighted by molar-refractivity contribution is -0.192. The summed E-state index contributed by atoms with van der Waals surface area (Å²) in [7, 11) is 0. The molecule has 0 saturated carbocycles. The summed E-state index contributed by atoms with van der Waals surface area (Å²) in [4.78, 5) is 41.2. The topological polar surface area (TPSA) is 90.8 Å². The molecule has 2 fully saturated rings. The zero-order valence-corrected chi connectivity index (χ0v) is 17.0. The molecule has 1 unspecified atom stereocenters. The molecule has 1 atom stereocenters. The summed E-state index contributed by atoms with van der Waals surface area (Å²) < 4.78 is 58.4. The number of carboxylic acid groups (broad SMARTS) is 1. The Morgan fingerprint density at radius 1 is 1.09 bits per heavy atom. The number of aromatic nitrogens is 1. The summed E-state index contributed by atoms with van der Waals surface area (Å²) in [5, 5.41) is 7.12. The minimum atomic E-state index is -5.08. The number of alkyl halides is 3. The maximum atomic E-state index is 13.5. The molecule has 2 aliphatic heterocycles. The van der Waals surface area contributed by atoms with Crippen LogP contribution in [0.5, 0.6) is 0 Å². The van der Waals surface area contributed by atoms with E-state index in [0.29, 0.717) is 43.7 Å². The van der Waals surface area contributed by atoms with Gasteiger partial charge in [0.05, 0.1) is 5.56 Å². The smallest absolute Gasteiger partial charge is 0.475 e. The highest BCUT2D eigenvalue weighted by Gasteiger charge is 2.49. The average molecular weight is 471 g/mol. The van der Waals surface area contributed by atoms with Crippen LogP contribution in [0.4, 0.5) is 27.6 Å². The Bertz CT molecular complexity index is 1060. The first kappa shape index (κ1) is 24.1. The number of nitrogens with zero attached hydrogens (tertiary/aromatic N) is 3. The van der Waals surface area contributed by atoms with Crippen molar-refractivity contribution in [3.8, 4) is 0 Å². The van der Waals surface area contributed by atoms with Crippen LogP contribution in [0.2, 0.25) is 0 Å². The molecule has 7 nitrogen and oxygen atoms in total. The Morgan fingerprint density at radius 3 is 2.36 bits per heavy atom. The lowest BCUT2D eigenvalue weighted by Crippen LogP contribution is -2.34. The number of carbonyl (C=O) groups excluding carboxylic acids is 2. The fourth-order valence-corrected chi connectivity index (χ4v) is 3.84. The Labute approximate surface area is 184 Å². The molecule has 2 aliphatic rings. The Morgan fingerprint density at radius 2 is 1.79 bits per heavy atom. The molecule has 2 amide bonds. The average Bonchev–Trinajstić information content (AvgIpc) is 3.32. The number of likely N-dealkylation sites (tertiary alicyclic amines) is 1. The monoisotopic (exact) mass is 471 g/mol. The van der Waals surface area contributed by atoms with E-state index in [4.69, 9.17) is 9.90 Å². The summed E-state index contributed by atoms with van der Waals surface area (Å²) in [6, 6.07) is 6.90. The van der Waals surface area contributed by atoms with Gasteiger partial charge in [-0.2, -0.15) is 13.2 Å². The van der Waals surface area contributed by atoms with Gasteiger partial charge < -0.3 is 14.9 Å². The van der Waals surface area contributed by atoms with Crippen LogP contribution in [0.15, 0.2) is 42.7 Å². The van der Waals surface area contributed by atoms with Crippen molar-refractivity contribution >= 4 is 23.5 Å². The number of aliphatic carboxylic acids is 1. The molecule has 1 aromatic carbocycles. The SMILES string of the molecule is O=C(O)C(F)(F)F.O=C(c1cccnc1)N1CCC2(CC(=O)N(c3ccc(F)c(F)c3)C2)C1. The fraction of sp³-hybridized carbons (Fsp3) is 0.333. The van der Waals surface area contributed by atoms with E-state index in [2.05, 4.69) is 4.98 Å². The molecule has 176 valence electrons. The van der Waals surface area contributed by atoms with Gasteiger partial charge in [-0.3, -0.25) is 14.6 Å². The number of rotatable bonds is 2. The van der Waals surface area contributed by atoms with Crippen LogP contribution in [0.1, 0.15) is 23.2 Å². The molecule has 0 radical (unpaired) electrons. The Balaban J connectivity index is 0.000000383. The zero-order valence-electron chi connectivity index (χ0n) is 17.0. The number of pyridine rings is 1. The van der Waals surface area contributed by atoms with Crippen molar-refractivity contribution in [2.24, 2.45) is 5.41 Å². The third-order valence-electron chi connectivity index (χ3n) is 5.41. The minimum Gasteiger partial charge on any atom is -0.475 e. The maximum Gasteiger partial charge on any atom is 0.490 e. The van der Waals surface area contributed by atoms with Crippen LogP contribution >= 0.6 is 0 Å². The van der Waals surface area contributed by atoms with E-state index in [9.17, 15) is 31.5 Å². The standard InChI is InChI=1S/C19H17F2N3O2.C2HF3O2/c20-15-4-3-14(8-16(15)21)24-12-19(9-17(24)25)5-7-23(11-19)18(26)13-2-1-6-22-10-13;3-2(4,5)1(6)7/h1-4,6,8,10H,5,7,9,11-12H2;(H,6,7). The molecule has 1 spiro atoms. The van der Waals surface area contributed by atoms with Gasteiger partial charge in [-0.25, -0.2) is 13.6 Å². The van der Waals surface area contributed by atoms with Crippen LogP contribution < -0.4 is 4.90 Å². The van der Waals surface area contributed by atoms with Gasteiger partial charge in [0.15, 0.2) is 11.6 Å². The number of halogens is 5. The Kier molecular flexibility index (Phi) is 6.65. The van der Waals surface area contributed by atoms with Crippen molar-refractivity contribution in [2.75, 3.05) is 24.5 Å². The van der Waals surface area contributed by atoms with E-state index < -0.39 is 23.8 Å². The van der Waals surface area contributed by atoms with Crippen LogP contribution in [-0.2, 0) is 9.59 Å². The van der Waals surface area contributed by atoms with E-state index in [1.165, 1.54) is 17.2 Å². The van der Waals surface area contributed by atoms with Crippen molar-refractivity contribution in [3.05, 3.63) is 59.9 Å². The quantitative estimate of drug-likeness (QED) is 0.680. The molecule has 33 heavy (non-hydrogen) atoms. The molecule has 4 rings (SSSR count). The largest absolute Gasteiger partial charge is 0.490 e. The number of carboxylic acids is 1. The molecule has 1 aromatic heterocycles.